The van der Waals surface area contributed by atoms with E-state index in [-0.39, 0.29) is 11.5 Å². The molecule has 4 aromatic rings. The monoisotopic (exact) mass is 473 g/mol. The number of hydrogen-bond donors (Lipinski definition) is 3. The van der Waals surface area contributed by atoms with Gasteiger partial charge >= 0.3 is 0 Å². The van der Waals surface area contributed by atoms with Gasteiger partial charge in [-0.2, -0.15) is 10.4 Å². The molecule has 3 aromatic heterocycles. The molecular formula is C24H23N7O4. The number of amides is 1. The predicted molar refractivity (Wildman–Crippen MR) is 125 cm³/mol. The van der Waals surface area contributed by atoms with Crippen LogP contribution in [-0.2, 0) is 7.05 Å². The number of nitriles is 1. The average Bonchev–Trinajstić information content (AvgIpc) is 3.48. The van der Waals surface area contributed by atoms with Gasteiger partial charge in [0.25, 0.3) is 11.5 Å². The Kier molecular flexibility index (Phi) is 6.20. The number of H-pyrrole nitrogens is 1. The first-order valence-corrected chi connectivity index (χ1v) is 10.8. The van der Waals surface area contributed by atoms with Crippen molar-refractivity contribution in [2.45, 2.75) is 32.6 Å². The van der Waals surface area contributed by atoms with Crippen molar-refractivity contribution in [3.63, 3.8) is 0 Å². The van der Waals surface area contributed by atoms with Crippen molar-refractivity contribution in [2.75, 3.05) is 5.32 Å². The fraction of sp³-hybridized carbons (Fsp3) is 0.250. The lowest BCUT2D eigenvalue weighted by Gasteiger charge is -2.27. The molecule has 0 saturated heterocycles. The van der Waals surface area contributed by atoms with Crippen LogP contribution >= 0.6 is 0 Å². The fourth-order valence-corrected chi connectivity index (χ4v) is 4.34. The van der Waals surface area contributed by atoms with Gasteiger partial charge in [0.15, 0.2) is 5.69 Å². The molecule has 1 amide bonds. The first-order valence-electron chi connectivity index (χ1n) is 10.8. The van der Waals surface area contributed by atoms with Crippen molar-refractivity contribution >= 4 is 11.6 Å². The zero-order valence-corrected chi connectivity index (χ0v) is 19.5. The SMILES string of the molecule is Cc1n[nH]c(C)c1[C@H](c1ccccc1C#N)[C@@H](C)c1nc(C(=O)Nc2cnoc2)c(O)c(=O)n1C. The summed E-state index contributed by atoms with van der Waals surface area (Å²) in [6.07, 6.45) is 2.48. The van der Waals surface area contributed by atoms with Crippen LogP contribution in [-0.4, -0.2) is 35.9 Å². The standard InChI is InChI=1S/C24H23N7O4/c1-12(18(19-13(2)29-30-14(19)3)17-8-6-5-7-15(17)9-25)22-28-20(21(32)24(34)31(22)4)23(33)27-16-10-26-35-11-16/h5-8,10-12,18,32H,1-4H3,(H,27,33)(H,29,30)/t12-,18+/m1/s1. The normalized spacial score (nSPS) is 12.7. The minimum atomic E-state index is -0.790. The van der Waals surface area contributed by atoms with E-state index in [1.165, 1.54) is 24.1 Å². The van der Waals surface area contributed by atoms with Crippen molar-refractivity contribution in [3.05, 3.63) is 86.7 Å². The van der Waals surface area contributed by atoms with Crippen molar-refractivity contribution in [3.8, 4) is 11.8 Å². The number of aromatic nitrogens is 5. The molecule has 178 valence electrons. The number of rotatable bonds is 6. The molecule has 4 rings (SSSR count). The number of nitrogens with zero attached hydrogens (tertiary/aromatic N) is 5. The van der Waals surface area contributed by atoms with Gasteiger partial charge in [-0.1, -0.05) is 30.3 Å². The Labute approximate surface area is 200 Å². The molecule has 0 spiro atoms. The Morgan fingerprint density at radius 2 is 2.06 bits per heavy atom. The highest BCUT2D eigenvalue weighted by Crippen LogP contribution is 2.41. The van der Waals surface area contributed by atoms with Crippen LogP contribution in [0.2, 0.25) is 0 Å². The van der Waals surface area contributed by atoms with E-state index in [1.807, 2.05) is 32.9 Å². The third-order valence-electron chi connectivity index (χ3n) is 6.03. The number of hydrogen-bond acceptors (Lipinski definition) is 8. The van der Waals surface area contributed by atoms with Gasteiger partial charge in [-0.15, -0.1) is 0 Å². The first-order chi connectivity index (χ1) is 16.7. The summed E-state index contributed by atoms with van der Waals surface area (Å²) in [5.74, 6) is -2.24. The zero-order chi connectivity index (χ0) is 25.3. The van der Waals surface area contributed by atoms with Crippen LogP contribution in [0, 0.1) is 25.2 Å². The van der Waals surface area contributed by atoms with E-state index in [0.29, 0.717) is 5.56 Å². The highest BCUT2D eigenvalue weighted by molar-refractivity contribution is 6.04. The van der Waals surface area contributed by atoms with Crippen LogP contribution < -0.4 is 10.9 Å². The summed E-state index contributed by atoms with van der Waals surface area (Å²) in [5, 5.41) is 33.5. The van der Waals surface area contributed by atoms with Gasteiger partial charge in [-0.05, 0) is 25.5 Å². The van der Waals surface area contributed by atoms with Gasteiger partial charge in [-0.3, -0.25) is 19.3 Å². The topological polar surface area (TPSA) is 163 Å². The second-order valence-electron chi connectivity index (χ2n) is 8.21. The lowest BCUT2D eigenvalue weighted by atomic mass is 9.78. The van der Waals surface area contributed by atoms with Gasteiger partial charge in [-0.25, -0.2) is 4.98 Å². The fourth-order valence-electron chi connectivity index (χ4n) is 4.34. The van der Waals surface area contributed by atoms with Crippen LogP contribution in [0.25, 0.3) is 0 Å². The molecule has 3 N–H and O–H groups in total. The predicted octanol–water partition coefficient (Wildman–Crippen LogP) is 2.87. The number of carbonyl (C=O) groups is 1. The zero-order valence-electron chi connectivity index (χ0n) is 19.5. The maximum absolute atomic E-state index is 12.9. The molecule has 35 heavy (non-hydrogen) atoms. The van der Waals surface area contributed by atoms with Gasteiger partial charge in [0.1, 0.15) is 17.8 Å². The molecule has 11 nitrogen and oxygen atoms in total. The van der Waals surface area contributed by atoms with E-state index >= 15 is 0 Å². The van der Waals surface area contributed by atoms with E-state index in [2.05, 4.69) is 31.7 Å². The van der Waals surface area contributed by atoms with Crippen LogP contribution in [0.5, 0.6) is 5.75 Å². The average molecular weight is 473 g/mol. The highest BCUT2D eigenvalue weighted by atomic mass is 16.5. The molecular weight excluding hydrogens is 450 g/mol. The molecule has 0 bridgehead atoms. The van der Waals surface area contributed by atoms with Gasteiger partial charge in [0, 0.05) is 30.1 Å². The maximum Gasteiger partial charge on any atom is 0.296 e. The Morgan fingerprint density at radius 3 is 2.69 bits per heavy atom. The van der Waals surface area contributed by atoms with E-state index in [9.17, 15) is 20.0 Å². The molecule has 1 aromatic carbocycles. The molecule has 11 heteroatoms. The number of nitrogens with one attached hydrogen (secondary N) is 2. The number of carbonyl (C=O) groups excluding carboxylic acids is 1. The Hall–Kier alpha value is -4.72. The minimum absolute atomic E-state index is 0.247. The molecule has 0 saturated carbocycles. The second-order valence-corrected chi connectivity index (χ2v) is 8.21. The summed E-state index contributed by atoms with van der Waals surface area (Å²) >= 11 is 0. The van der Waals surface area contributed by atoms with Crippen LogP contribution in [0.4, 0.5) is 5.69 Å². The second kappa shape index (κ2) is 9.26. The van der Waals surface area contributed by atoms with Gasteiger partial charge in [0.05, 0.1) is 23.5 Å². The number of aromatic amines is 1. The van der Waals surface area contributed by atoms with Gasteiger partial charge in [0.2, 0.25) is 5.75 Å². The van der Waals surface area contributed by atoms with E-state index < -0.39 is 34.7 Å². The van der Waals surface area contributed by atoms with E-state index in [4.69, 9.17) is 4.52 Å². The molecule has 0 radical (unpaired) electrons. The largest absolute Gasteiger partial charge is 0.501 e. The van der Waals surface area contributed by atoms with Crippen molar-refractivity contribution < 1.29 is 14.4 Å². The molecule has 0 aliphatic heterocycles. The van der Waals surface area contributed by atoms with E-state index in [0.717, 1.165) is 22.5 Å². The number of benzene rings is 1. The van der Waals surface area contributed by atoms with Crippen molar-refractivity contribution in [1.29, 1.82) is 5.26 Å². The third kappa shape index (κ3) is 4.17. The lowest BCUT2D eigenvalue weighted by molar-refractivity contribution is 0.101. The molecule has 0 fully saturated rings. The molecule has 0 aliphatic rings. The minimum Gasteiger partial charge on any atom is -0.501 e. The molecule has 0 unspecified atom stereocenters. The van der Waals surface area contributed by atoms with Crippen LogP contribution in [0.3, 0.4) is 0 Å². The third-order valence-corrected chi connectivity index (χ3v) is 6.03. The summed E-state index contributed by atoms with van der Waals surface area (Å²) < 4.78 is 5.91. The Morgan fingerprint density at radius 1 is 1.31 bits per heavy atom. The molecule has 3 heterocycles. The summed E-state index contributed by atoms with van der Waals surface area (Å²) in [6.45, 7) is 5.59. The number of aromatic hydroxyl groups is 1. The summed E-state index contributed by atoms with van der Waals surface area (Å²) in [4.78, 5) is 30.2. The lowest BCUT2D eigenvalue weighted by Crippen LogP contribution is -2.29. The number of anilines is 1. The smallest absolute Gasteiger partial charge is 0.296 e. The quantitative estimate of drug-likeness (QED) is 0.385. The summed E-state index contributed by atoms with van der Waals surface area (Å²) in [6, 6.07) is 9.42. The van der Waals surface area contributed by atoms with Gasteiger partial charge < -0.3 is 14.9 Å². The Bertz CT molecular complexity index is 1480. The molecule has 0 aliphatic carbocycles. The first kappa shape index (κ1) is 23.4. The van der Waals surface area contributed by atoms with Crippen molar-refractivity contribution in [1.82, 2.24) is 24.9 Å². The highest BCUT2D eigenvalue weighted by Gasteiger charge is 2.33. The summed E-state index contributed by atoms with van der Waals surface area (Å²) in [5.41, 5.74) is 2.65. The number of aryl methyl sites for hydroxylation is 2. The van der Waals surface area contributed by atoms with Crippen LogP contribution in [0.1, 0.15) is 63.2 Å². The molecule has 2 atom stereocenters. The van der Waals surface area contributed by atoms with E-state index in [1.54, 1.807) is 12.1 Å². The Balaban J connectivity index is 1.90. The maximum atomic E-state index is 12.9. The van der Waals surface area contributed by atoms with Crippen molar-refractivity contribution in [2.24, 2.45) is 7.05 Å². The van der Waals surface area contributed by atoms with Crippen LogP contribution in [0.15, 0.2) is 46.0 Å². The summed E-state index contributed by atoms with van der Waals surface area (Å²) in [7, 11) is 1.48.